The van der Waals surface area contributed by atoms with E-state index in [-0.39, 0.29) is 5.97 Å². The van der Waals surface area contributed by atoms with Gasteiger partial charge in [0, 0.05) is 18.9 Å². The Morgan fingerprint density at radius 3 is 2.50 bits per heavy atom. The molecule has 0 aliphatic rings. The van der Waals surface area contributed by atoms with Crippen molar-refractivity contribution in [3.63, 3.8) is 0 Å². The zero-order chi connectivity index (χ0) is 18.4. The van der Waals surface area contributed by atoms with E-state index in [0.717, 1.165) is 18.7 Å². The van der Waals surface area contributed by atoms with Crippen molar-refractivity contribution >= 4 is 17.3 Å². The standard InChI is InChI=1S/C21H22NO3S/c1-16-20(26-15-22(16)14-17-6-4-3-5-7-17)12-13-25-21(23)18-8-10-19(24-2)11-9-18/h3-11,15H,12-14H2,1-2H3/q+1. The van der Waals surface area contributed by atoms with Crippen LogP contribution in [-0.4, -0.2) is 19.7 Å². The molecule has 0 aliphatic heterocycles. The molecule has 134 valence electrons. The van der Waals surface area contributed by atoms with Crippen LogP contribution in [0.3, 0.4) is 0 Å². The van der Waals surface area contributed by atoms with Gasteiger partial charge >= 0.3 is 5.97 Å². The smallest absolute Gasteiger partial charge is 0.338 e. The van der Waals surface area contributed by atoms with E-state index in [9.17, 15) is 4.79 Å². The summed E-state index contributed by atoms with van der Waals surface area (Å²) >= 11 is 1.70. The highest BCUT2D eigenvalue weighted by atomic mass is 32.1. The second-order valence-corrected chi connectivity index (χ2v) is 6.90. The van der Waals surface area contributed by atoms with Crippen LogP contribution in [-0.2, 0) is 17.7 Å². The third-order valence-corrected chi connectivity index (χ3v) is 5.38. The maximum Gasteiger partial charge on any atom is 0.338 e. The minimum absolute atomic E-state index is 0.306. The van der Waals surface area contributed by atoms with Gasteiger partial charge in [0.25, 0.3) is 0 Å². The lowest BCUT2D eigenvalue weighted by molar-refractivity contribution is -0.689. The minimum Gasteiger partial charge on any atom is -0.497 e. The van der Waals surface area contributed by atoms with Gasteiger partial charge in [0.2, 0.25) is 5.51 Å². The summed E-state index contributed by atoms with van der Waals surface area (Å²) in [4.78, 5) is 13.3. The number of benzene rings is 2. The van der Waals surface area contributed by atoms with Gasteiger partial charge in [-0.1, -0.05) is 41.7 Å². The first-order valence-corrected chi connectivity index (χ1v) is 9.37. The third kappa shape index (κ3) is 4.49. The summed E-state index contributed by atoms with van der Waals surface area (Å²) in [5.74, 6) is 0.415. The van der Waals surface area contributed by atoms with E-state index in [1.54, 1.807) is 42.7 Å². The molecule has 0 bridgehead atoms. The molecule has 4 nitrogen and oxygen atoms in total. The van der Waals surface area contributed by atoms with Gasteiger partial charge in [0.1, 0.15) is 5.75 Å². The van der Waals surface area contributed by atoms with Crippen LogP contribution in [0.15, 0.2) is 60.1 Å². The number of nitrogens with zero attached hydrogens (tertiary/aromatic N) is 1. The number of ether oxygens (including phenoxy) is 2. The highest BCUT2D eigenvalue weighted by Gasteiger charge is 2.16. The zero-order valence-corrected chi connectivity index (χ0v) is 15.8. The van der Waals surface area contributed by atoms with Crippen molar-refractivity contribution < 1.29 is 18.8 Å². The Balaban J connectivity index is 1.54. The number of thiazole rings is 1. The average molecular weight is 368 g/mol. The number of carbonyl (C=O) groups is 1. The molecule has 3 rings (SSSR count). The van der Waals surface area contributed by atoms with Crippen molar-refractivity contribution in [2.24, 2.45) is 0 Å². The molecule has 3 aromatic rings. The molecule has 1 aromatic heterocycles. The molecule has 1 heterocycles. The van der Waals surface area contributed by atoms with E-state index < -0.39 is 0 Å². The Hall–Kier alpha value is -2.66. The second-order valence-electron chi connectivity index (χ2n) is 5.96. The fourth-order valence-corrected chi connectivity index (χ4v) is 3.65. The molecule has 26 heavy (non-hydrogen) atoms. The number of aromatic nitrogens is 1. The monoisotopic (exact) mass is 368 g/mol. The minimum atomic E-state index is -0.306. The summed E-state index contributed by atoms with van der Waals surface area (Å²) in [6, 6.07) is 17.3. The number of methoxy groups -OCH3 is 1. The summed E-state index contributed by atoms with van der Waals surface area (Å²) in [7, 11) is 1.60. The number of carbonyl (C=O) groups excluding carboxylic acids is 1. The van der Waals surface area contributed by atoms with Crippen molar-refractivity contribution in [1.82, 2.24) is 0 Å². The van der Waals surface area contributed by atoms with E-state index in [1.165, 1.54) is 16.1 Å². The van der Waals surface area contributed by atoms with Gasteiger partial charge in [0.15, 0.2) is 12.2 Å². The predicted molar refractivity (Wildman–Crippen MR) is 102 cm³/mol. The van der Waals surface area contributed by atoms with Gasteiger partial charge in [-0.05, 0) is 24.3 Å². The van der Waals surface area contributed by atoms with Crippen LogP contribution in [0.4, 0.5) is 0 Å². The van der Waals surface area contributed by atoms with Gasteiger partial charge in [-0.2, -0.15) is 4.57 Å². The maximum absolute atomic E-state index is 12.1. The predicted octanol–water partition coefficient (Wildman–Crippen LogP) is 3.80. The second kappa shape index (κ2) is 8.63. The first-order valence-electron chi connectivity index (χ1n) is 8.49. The van der Waals surface area contributed by atoms with Gasteiger partial charge in [-0.25, -0.2) is 4.79 Å². The zero-order valence-electron chi connectivity index (χ0n) is 15.0. The fourth-order valence-electron chi connectivity index (χ4n) is 2.67. The topological polar surface area (TPSA) is 39.4 Å². The highest BCUT2D eigenvalue weighted by molar-refractivity contribution is 7.09. The van der Waals surface area contributed by atoms with Crippen LogP contribution in [0.2, 0.25) is 0 Å². The molecule has 0 N–H and O–H groups in total. The van der Waals surface area contributed by atoms with E-state index in [0.29, 0.717) is 12.2 Å². The quantitative estimate of drug-likeness (QED) is 0.470. The molecule has 0 saturated heterocycles. The van der Waals surface area contributed by atoms with Crippen LogP contribution in [0, 0.1) is 6.92 Å². The lowest BCUT2D eigenvalue weighted by Gasteiger charge is -2.05. The fraction of sp³-hybridized carbons (Fsp3) is 0.238. The molecule has 5 heteroatoms. The average Bonchev–Trinajstić information content (AvgIpc) is 3.02. The van der Waals surface area contributed by atoms with Crippen molar-refractivity contribution in [2.75, 3.05) is 13.7 Å². The van der Waals surface area contributed by atoms with Crippen molar-refractivity contribution in [3.8, 4) is 5.75 Å². The summed E-state index contributed by atoms with van der Waals surface area (Å²) in [6.45, 7) is 3.34. The number of hydrogen-bond acceptors (Lipinski definition) is 4. The Morgan fingerprint density at radius 2 is 1.81 bits per heavy atom. The van der Waals surface area contributed by atoms with Gasteiger partial charge in [-0.15, -0.1) is 0 Å². The van der Waals surface area contributed by atoms with Gasteiger partial charge in [0.05, 0.1) is 24.2 Å². The molecular weight excluding hydrogens is 346 g/mol. The highest BCUT2D eigenvalue weighted by Crippen LogP contribution is 2.15. The van der Waals surface area contributed by atoms with Crippen molar-refractivity contribution in [1.29, 1.82) is 0 Å². The molecule has 0 amide bonds. The molecule has 0 atom stereocenters. The maximum atomic E-state index is 12.1. The first kappa shape index (κ1) is 18.1. The molecule has 0 aliphatic carbocycles. The molecule has 2 aromatic carbocycles. The first-order chi connectivity index (χ1) is 12.7. The Bertz CT molecular complexity index is 857. The Labute approximate surface area is 157 Å². The molecule has 0 spiro atoms. The van der Waals surface area contributed by atoms with E-state index in [2.05, 4.69) is 41.3 Å². The van der Waals surface area contributed by atoms with Crippen LogP contribution in [0.25, 0.3) is 0 Å². The SMILES string of the molecule is COc1ccc(C(=O)OCCc2sc[n+](Cc3ccccc3)c2C)cc1. The molecule has 0 unspecified atom stereocenters. The number of rotatable bonds is 7. The Kier molecular flexibility index (Phi) is 6.02. The largest absolute Gasteiger partial charge is 0.497 e. The van der Waals surface area contributed by atoms with Crippen LogP contribution >= 0.6 is 11.3 Å². The summed E-state index contributed by atoms with van der Waals surface area (Å²) < 4.78 is 12.7. The normalized spacial score (nSPS) is 10.5. The van der Waals surface area contributed by atoms with Crippen molar-refractivity contribution in [2.45, 2.75) is 19.9 Å². The Morgan fingerprint density at radius 1 is 1.08 bits per heavy atom. The summed E-state index contributed by atoms with van der Waals surface area (Å²) in [5.41, 5.74) is 5.16. The van der Waals surface area contributed by atoms with Gasteiger partial charge in [-0.3, -0.25) is 0 Å². The third-order valence-electron chi connectivity index (χ3n) is 4.24. The van der Waals surface area contributed by atoms with E-state index in [1.807, 2.05) is 6.07 Å². The van der Waals surface area contributed by atoms with Crippen LogP contribution in [0.5, 0.6) is 5.75 Å². The van der Waals surface area contributed by atoms with Crippen LogP contribution in [0.1, 0.15) is 26.5 Å². The van der Waals surface area contributed by atoms with Gasteiger partial charge < -0.3 is 9.47 Å². The summed E-state index contributed by atoms with van der Waals surface area (Å²) in [6.07, 6.45) is 0.722. The summed E-state index contributed by atoms with van der Waals surface area (Å²) in [5, 5.41) is 0. The molecule has 0 fully saturated rings. The molecule has 0 radical (unpaired) electrons. The lowest BCUT2D eigenvalue weighted by Crippen LogP contribution is -2.35. The van der Waals surface area contributed by atoms with Crippen molar-refractivity contribution in [3.05, 3.63) is 81.8 Å². The molecule has 0 saturated carbocycles. The number of esters is 1. The van der Waals surface area contributed by atoms with E-state index >= 15 is 0 Å². The molecular formula is C21H22NO3S+. The number of hydrogen-bond donors (Lipinski definition) is 0. The lowest BCUT2D eigenvalue weighted by atomic mass is 10.2. The van der Waals surface area contributed by atoms with Crippen LogP contribution < -0.4 is 9.30 Å². The van der Waals surface area contributed by atoms with E-state index in [4.69, 9.17) is 9.47 Å².